The van der Waals surface area contributed by atoms with Crippen LogP contribution in [0.15, 0.2) is 0 Å². The van der Waals surface area contributed by atoms with Crippen LogP contribution < -0.4 is 104 Å². The minimum atomic E-state index is -3.48. The second-order valence-electron chi connectivity index (χ2n) is 6.53. The predicted molar refractivity (Wildman–Crippen MR) is 86.3 cm³/mol. The van der Waals surface area contributed by atoms with Crippen molar-refractivity contribution in [3.8, 4) is 0 Å². The topological polar surface area (TPSA) is 167 Å². The molecular weight excluding hydrogens is 429 g/mol. The van der Waals surface area contributed by atoms with Gasteiger partial charge in [-0.2, -0.15) is 0 Å². The number of carbonyl (C=O) groups excluding carboxylic acids is 4. The van der Waals surface area contributed by atoms with Crippen LogP contribution in [0.5, 0.6) is 0 Å². The van der Waals surface area contributed by atoms with Gasteiger partial charge in [-0.1, -0.05) is 58.3 Å². The van der Waals surface area contributed by atoms with Crippen molar-refractivity contribution >= 4 is 23.9 Å². The van der Waals surface area contributed by atoms with Crippen LogP contribution in [0.1, 0.15) is 77.6 Å². The summed E-state index contributed by atoms with van der Waals surface area (Å²) in [6, 6.07) is 0. The summed E-state index contributed by atoms with van der Waals surface area (Å²) < 4.78 is 4.45. The number of unbranched alkanes of at least 4 members (excludes halogenated alkanes) is 8. The zero-order chi connectivity index (χ0) is 20.9. The molecule has 156 valence electrons. The molecule has 0 radical (unpaired) electrons. The molecule has 0 aliphatic heterocycles. The molecule has 9 nitrogen and oxygen atoms in total. The van der Waals surface area contributed by atoms with E-state index < -0.39 is 42.0 Å². The molecule has 0 aliphatic carbocycles. The Morgan fingerprint density at radius 3 is 1.63 bits per heavy atom. The van der Waals surface area contributed by atoms with E-state index in [2.05, 4.69) is 11.7 Å². The number of rotatable bonds is 16. The van der Waals surface area contributed by atoms with Gasteiger partial charge in [0.2, 0.25) is 0 Å². The molecule has 0 aromatic carbocycles. The smallest absolute Gasteiger partial charge is 0.550 e. The molecule has 0 aromatic rings. The number of carbonyl (C=O) groups is 4. The summed E-state index contributed by atoms with van der Waals surface area (Å²) in [7, 11) is 0. The maximum atomic E-state index is 11.7. The molecule has 0 aliphatic rings. The van der Waals surface area contributed by atoms with Crippen LogP contribution in [0.3, 0.4) is 0 Å². The quantitative estimate of drug-likeness (QED) is 0.135. The summed E-state index contributed by atoms with van der Waals surface area (Å²) >= 11 is 0. The summed E-state index contributed by atoms with van der Waals surface area (Å²) in [4.78, 5) is 44.3. The molecule has 2 unspecified atom stereocenters. The zero-order valence-electron chi connectivity index (χ0n) is 18.6. The zero-order valence-corrected chi connectivity index (χ0v) is 24.6. The average molecular weight is 456 g/mol. The number of esters is 1. The third kappa shape index (κ3) is 16.5. The first kappa shape index (κ1) is 38.1. The van der Waals surface area contributed by atoms with Crippen LogP contribution in [0, 0.1) is 0 Å². The molecular formula is C18H27Na3O9. The van der Waals surface area contributed by atoms with Gasteiger partial charge in [-0.15, -0.1) is 0 Å². The fourth-order valence-corrected chi connectivity index (χ4v) is 2.60. The van der Waals surface area contributed by atoms with Crippen LogP contribution in [0.4, 0.5) is 0 Å². The van der Waals surface area contributed by atoms with E-state index in [1.807, 2.05) is 0 Å². The SMILES string of the molecule is CCCCCCCCCCCC(=O)OC(C(=O)[O-])C(O)(CC(=O)[O-])C(=O)[O-].[Na+].[Na+].[Na+]. The van der Waals surface area contributed by atoms with Crippen molar-refractivity contribution in [2.24, 2.45) is 0 Å². The second-order valence-corrected chi connectivity index (χ2v) is 6.53. The van der Waals surface area contributed by atoms with Crippen LogP contribution in [0.25, 0.3) is 0 Å². The summed E-state index contributed by atoms with van der Waals surface area (Å²) in [6.07, 6.45) is 4.27. The van der Waals surface area contributed by atoms with E-state index in [-0.39, 0.29) is 95.1 Å². The average Bonchev–Trinajstić information content (AvgIpc) is 2.57. The molecule has 0 bridgehead atoms. The van der Waals surface area contributed by atoms with E-state index in [0.717, 1.165) is 25.7 Å². The first-order chi connectivity index (χ1) is 12.6. The minimum Gasteiger partial charge on any atom is -0.550 e. The number of aliphatic hydroxyl groups is 1. The number of carboxylic acids is 3. The second kappa shape index (κ2) is 21.7. The van der Waals surface area contributed by atoms with E-state index in [1.54, 1.807) is 0 Å². The molecule has 0 fully saturated rings. The Morgan fingerprint density at radius 2 is 1.27 bits per heavy atom. The van der Waals surface area contributed by atoms with E-state index in [4.69, 9.17) is 0 Å². The summed E-state index contributed by atoms with van der Waals surface area (Å²) in [5, 5.41) is 42.4. The number of hydrogen-bond donors (Lipinski definition) is 1. The molecule has 0 spiro atoms. The predicted octanol–water partition coefficient (Wildman–Crippen LogP) is -10.8. The van der Waals surface area contributed by atoms with E-state index in [1.165, 1.54) is 19.3 Å². The number of carboxylic acid groups (broad SMARTS) is 3. The van der Waals surface area contributed by atoms with Crippen molar-refractivity contribution in [1.29, 1.82) is 0 Å². The normalized spacial score (nSPS) is 12.7. The van der Waals surface area contributed by atoms with Crippen molar-refractivity contribution in [2.45, 2.75) is 89.3 Å². The van der Waals surface area contributed by atoms with Gasteiger partial charge >= 0.3 is 94.6 Å². The van der Waals surface area contributed by atoms with Gasteiger partial charge in [-0.3, -0.25) is 4.79 Å². The molecule has 1 N–H and O–H groups in total. The van der Waals surface area contributed by atoms with Gasteiger partial charge < -0.3 is 39.5 Å². The Bertz CT molecular complexity index is 517. The summed E-state index contributed by atoms with van der Waals surface area (Å²) in [5.74, 6) is -7.80. The molecule has 30 heavy (non-hydrogen) atoms. The molecule has 0 saturated heterocycles. The number of hydrogen-bond acceptors (Lipinski definition) is 9. The maximum Gasteiger partial charge on any atom is 1.00 e. The van der Waals surface area contributed by atoms with Gasteiger partial charge in [-0.05, 0) is 6.42 Å². The van der Waals surface area contributed by atoms with Crippen molar-refractivity contribution < 1.29 is 133 Å². The van der Waals surface area contributed by atoms with Gasteiger partial charge in [0, 0.05) is 18.8 Å². The minimum absolute atomic E-state index is 0. The van der Waals surface area contributed by atoms with Crippen LogP contribution >= 0.6 is 0 Å². The fraction of sp³-hybridized carbons (Fsp3) is 0.778. The Morgan fingerprint density at radius 1 is 0.833 bits per heavy atom. The van der Waals surface area contributed by atoms with Crippen molar-refractivity contribution in [1.82, 2.24) is 0 Å². The molecule has 0 rings (SSSR count). The Labute approximate surface area is 243 Å². The Kier molecular flexibility index (Phi) is 27.5. The number of ether oxygens (including phenoxy) is 1. The van der Waals surface area contributed by atoms with E-state index >= 15 is 0 Å². The molecule has 0 heterocycles. The van der Waals surface area contributed by atoms with Crippen LogP contribution in [-0.4, -0.2) is 40.7 Å². The first-order valence-electron chi connectivity index (χ1n) is 9.19. The van der Waals surface area contributed by atoms with E-state index in [9.17, 15) is 39.6 Å². The van der Waals surface area contributed by atoms with Gasteiger partial charge in [-0.25, -0.2) is 0 Å². The van der Waals surface area contributed by atoms with Crippen molar-refractivity contribution in [3.05, 3.63) is 0 Å². The van der Waals surface area contributed by atoms with Gasteiger partial charge in [0.15, 0.2) is 11.7 Å². The molecule has 0 aromatic heterocycles. The van der Waals surface area contributed by atoms with Gasteiger partial charge in [0.05, 0.1) is 11.9 Å². The Hall–Kier alpha value is 0.840. The number of aliphatic carboxylic acids is 3. The molecule has 2 atom stereocenters. The van der Waals surface area contributed by atoms with Crippen molar-refractivity contribution in [3.63, 3.8) is 0 Å². The Balaban J connectivity index is -0.00000113. The molecule has 0 amide bonds. The standard InChI is InChI=1S/C18H30O9.3Na/c1-2-3-4-5-6-7-8-9-10-11-14(21)27-15(16(22)23)18(26,17(24)25)12-13(19)20;;;/h15,26H,2-12H2,1H3,(H,19,20)(H,22,23)(H,24,25);;;/q;3*+1/p-3. The third-order valence-corrected chi connectivity index (χ3v) is 4.15. The van der Waals surface area contributed by atoms with Gasteiger partial charge in [0.1, 0.15) is 0 Å². The largest absolute Gasteiger partial charge is 1.00 e. The fourth-order valence-electron chi connectivity index (χ4n) is 2.60. The molecule has 0 saturated carbocycles. The third-order valence-electron chi connectivity index (χ3n) is 4.15. The van der Waals surface area contributed by atoms with Crippen LogP contribution in [-0.2, 0) is 23.9 Å². The van der Waals surface area contributed by atoms with Gasteiger partial charge in [0.25, 0.3) is 0 Å². The van der Waals surface area contributed by atoms with E-state index in [0.29, 0.717) is 12.8 Å². The van der Waals surface area contributed by atoms with Crippen molar-refractivity contribution in [2.75, 3.05) is 0 Å². The first-order valence-corrected chi connectivity index (χ1v) is 9.19. The van der Waals surface area contributed by atoms with Crippen LogP contribution in [0.2, 0.25) is 0 Å². The summed E-state index contributed by atoms with van der Waals surface area (Å²) in [5.41, 5.74) is -3.48. The summed E-state index contributed by atoms with van der Waals surface area (Å²) in [6.45, 7) is 2.14. The molecule has 12 heteroatoms. The monoisotopic (exact) mass is 456 g/mol. The maximum absolute atomic E-state index is 11.7.